The molecule has 5 N–H and O–H groups in total. The molecule has 9 nitrogen and oxygen atoms in total. The number of anilines is 2. The molecule has 1 aromatic heterocycles. The third kappa shape index (κ3) is 5.00. The highest BCUT2D eigenvalue weighted by Crippen LogP contribution is 2.38. The van der Waals surface area contributed by atoms with Crippen LogP contribution in [0.4, 0.5) is 29.1 Å². The monoisotopic (exact) mass is 518 g/mol. The van der Waals surface area contributed by atoms with Gasteiger partial charge in [0.15, 0.2) is 5.82 Å². The number of hydrogen-bond acceptors (Lipinski definition) is 7. The molecule has 0 unspecified atom stereocenters. The van der Waals surface area contributed by atoms with E-state index in [2.05, 4.69) is 15.3 Å². The number of benzene rings is 1. The quantitative estimate of drug-likeness (QED) is 0.479. The van der Waals surface area contributed by atoms with Crippen molar-refractivity contribution < 1.29 is 30.8 Å². The Hall–Kier alpha value is -2.71. The second-order valence-corrected chi connectivity index (χ2v) is 10.9. The van der Waals surface area contributed by atoms with Crippen molar-refractivity contribution in [3.8, 4) is 0 Å². The van der Waals surface area contributed by atoms with Gasteiger partial charge in [-0.1, -0.05) is 0 Å². The molecule has 1 aliphatic heterocycles. The molecule has 2 aromatic rings. The first-order chi connectivity index (χ1) is 16.4. The van der Waals surface area contributed by atoms with Gasteiger partial charge in [0.2, 0.25) is 0 Å². The molecule has 35 heavy (non-hydrogen) atoms. The van der Waals surface area contributed by atoms with E-state index in [1.165, 1.54) is 6.20 Å². The molecule has 3 atom stereocenters. The van der Waals surface area contributed by atoms with Gasteiger partial charge in [0.25, 0.3) is 15.7 Å². The first-order valence-corrected chi connectivity index (χ1v) is 12.5. The van der Waals surface area contributed by atoms with Crippen molar-refractivity contribution in [2.24, 2.45) is 17.4 Å². The zero-order valence-corrected chi connectivity index (χ0v) is 19.4. The van der Waals surface area contributed by atoms with Crippen LogP contribution in [-0.2, 0) is 9.84 Å². The molecule has 1 saturated heterocycles. The smallest absolute Gasteiger partial charge is 0.365 e. The average Bonchev–Trinajstić information content (AvgIpc) is 3.20. The normalized spacial score (nSPS) is 24.2. The van der Waals surface area contributed by atoms with Crippen LogP contribution in [0.15, 0.2) is 35.4 Å². The minimum absolute atomic E-state index is 0.0350. The van der Waals surface area contributed by atoms with Crippen LogP contribution in [0, 0.1) is 5.92 Å². The fraction of sp³-hybridized carbons (Fsp3) is 0.524. The molecule has 2 heterocycles. The van der Waals surface area contributed by atoms with Crippen molar-refractivity contribution in [2.45, 2.75) is 47.9 Å². The van der Waals surface area contributed by atoms with Crippen molar-refractivity contribution in [2.75, 3.05) is 25.0 Å². The number of nitrogens with zero attached hydrogens (tertiary/aromatic N) is 3. The summed E-state index contributed by atoms with van der Waals surface area (Å²) in [6.45, 7) is 1.23. The number of primary amides is 1. The molecule has 0 bridgehead atoms. The van der Waals surface area contributed by atoms with Gasteiger partial charge in [0, 0.05) is 31.0 Å². The summed E-state index contributed by atoms with van der Waals surface area (Å²) in [7, 11) is -5.48. The summed E-state index contributed by atoms with van der Waals surface area (Å²) in [5.41, 5.74) is 6.39. The summed E-state index contributed by atoms with van der Waals surface area (Å²) in [6, 6.07) is 4.03. The number of halogens is 4. The number of carbonyl (C=O) groups is 1. The third-order valence-corrected chi connectivity index (χ3v) is 8.17. The fourth-order valence-electron chi connectivity index (χ4n) is 4.73. The van der Waals surface area contributed by atoms with Crippen LogP contribution >= 0.6 is 0 Å². The minimum Gasteiger partial charge on any atom is -0.365 e. The number of nitrogens with one attached hydrogen (secondary N) is 1. The van der Waals surface area contributed by atoms with Crippen LogP contribution in [-0.4, -0.2) is 66.4 Å². The van der Waals surface area contributed by atoms with E-state index in [0.717, 1.165) is 37.1 Å². The second-order valence-electron chi connectivity index (χ2n) is 8.92. The van der Waals surface area contributed by atoms with Crippen molar-refractivity contribution in [1.29, 1.82) is 0 Å². The van der Waals surface area contributed by atoms with E-state index < -0.39 is 32.3 Å². The first kappa shape index (κ1) is 25.4. The highest BCUT2D eigenvalue weighted by Gasteiger charge is 2.46. The Morgan fingerprint density at radius 1 is 1.17 bits per heavy atom. The van der Waals surface area contributed by atoms with Gasteiger partial charge < -0.3 is 16.8 Å². The Balaban J connectivity index is 1.53. The van der Waals surface area contributed by atoms with Gasteiger partial charge in [-0.3, -0.25) is 14.4 Å². The summed E-state index contributed by atoms with van der Waals surface area (Å²) in [5, 5.41) is 7.28. The first-order valence-electron chi connectivity index (χ1n) is 11.1. The van der Waals surface area contributed by atoms with E-state index in [4.69, 9.17) is 11.5 Å². The molecule has 0 spiro atoms. The molecule has 2 fully saturated rings. The van der Waals surface area contributed by atoms with Gasteiger partial charge in [-0.25, -0.2) is 12.8 Å². The lowest BCUT2D eigenvalue weighted by Crippen LogP contribution is -2.55. The van der Waals surface area contributed by atoms with Crippen LogP contribution < -0.4 is 16.8 Å². The van der Waals surface area contributed by atoms with E-state index in [0.29, 0.717) is 26.1 Å². The number of nitrogens with two attached hydrogens (primary N) is 2. The van der Waals surface area contributed by atoms with Crippen molar-refractivity contribution in [3.63, 3.8) is 0 Å². The summed E-state index contributed by atoms with van der Waals surface area (Å²) >= 11 is 0. The van der Waals surface area contributed by atoms with Crippen LogP contribution in [0.5, 0.6) is 0 Å². The number of carbonyl (C=O) groups excluding carboxylic acids is 1. The largest absolute Gasteiger partial charge is 0.501 e. The van der Waals surface area contributed by atoms with Gasteiger partial charge in [0.1, 0.15) is 11.7 Å². The summed E-state index contributed by atoms with van der Waals surface area (Å²) < 4.78 is 76.3. The maximum atomic E-state index is 13.3. The van der Waals surface area contributed by atoms with E-state index in [9.17, 15) is 30.8 Å². The lowest BCUT2D eigenvalue weighted by molar-refractivity contribution is -0.0436. The standard InChI is InChI=1S/C21H26F4N6O3S/c22-13-9-30(10-13)15-3-6-18(12(7-15)8-26)31-11-17(19(27)32)20(29-31)28-14-1-4-16(5-2-14)35(33,34)21(23,24)25/h1-2,4-5,11-13,15,18H,3,6-10,26H2,(H2,27,32)(H,28,29)/t12-,15-,18+/m1/s1. The van der Waals surface area contributed by atoms with E-state index in [1.807, 2.05) is 0 Å². The molecule has 2 aliphatic rings. The number of likely N-dealkylation sites (tertiary alicyclic amines) is 1. The van der Waals surface area contributed by atoms with Gasteiger partial charge in [-0.05, 0) is 56.0 Å². The summed E-state index contributed by atoms with van der Waals surface area (Å²) in [5.74, 6) is -0.639. The van der Waals surface area contributed by atoms with Crippen LogP contribution in [0.25, 0.3) is 0 Å². The van der Waals surface area contributed by atoms with Crippen molar-refractivity contribution >= 4 is 27.2 Å². The Bertz CT molecular complexity index is 1180. The fourth-order valence-corrected chi connectivity index (χ4v) is 5.49. The van der Waals surface area contributed by atoms with Crippen molar-refractivity contribution in [1.82, 2.24) is 14.7 Å². The molecule has 1 saturated carbocycles. The Kier molecular flexibility index (Phi) is 6.81. The Morgan fingerprint density at radius 3 is 2.37 bits per heavy atom. The van der Waals surface area contributed by atoms with Gasteiger partial charge in [0.05, 0.1) is 10.9 Å². The number of aromatic nitrogens is 2. The topological polar surface area (TPSA) is 136 Å². The molecule has 1 aliphatic carbocycles. The second kappa shape index (κ2) is 9.39. The number of rotatable bonds is 7. The lowest BCUT2D eigenvalue weighted by atomic mass is 9.80. The summed E-state index contributed by atoms with van der Waals surface area (Å²) in [6.07, 6.45) is 3.00. The zero-order valence-electron chi connectivity index (χ0n) is 18.6. The van der Waals surface area contributed by atoms with Crippen LogP contribution in [0.2, 0.25) is 0 Å². The SMILES string of the molecule is NC[C@H]1C[C@H](N2CC(F)C2)CC[C@@H]1n1cc(C(N)=O)c(Nc2ccc(S(=O)(=O)C(F)(F)F)cc2)n1. The molecule has 192 valence electrons. The predicted octanol–water partition coefficient (Wildman–Crippen LogP) is 2.34. The Labute approximate surface area is 199 Å². The molecular formula is C21H26F4N6O3S. The summed E-state index contributed by atoms with van der Waals surface area (Å²) in [4.78, 5) is 13.2. The van der Waals surface area contributed by atoms with Gasteiger partial charge in [-0.15, -0.1) is 0 Å². The van der Waals surface area contributed by atoms with Crippen LogP contribution in [0.3, 0.4) is 0 Å². The maximum absolute atomic E-state index is 13.3. The van der Waals surface area contributed by atoms with Crippen LogP contribution in [0.1, 0.15) is 35.7 Å². The molecule has 14 heteroatoms. The zero-order chi connectivity index (χ0) is 25.5. The van der Waals surface area contributed by atoms with Crippen molar-refractivity contribution in [3.05, 3.63) is 36.0 Å². The third-order valence-electron chi connectivity index (χ3n) is 6.67. The molecule has 0 radical (unpaired) electrons. The highest BCUT2D eigenvalue weighted by molar-refractivity contribution is 7.92. The number of sulfone groups is 1. The average molecular weight is 519 g/mol. The Morgan fingerprint density at radius 2 is 1.83 bits per heavy atom. The highest BCUT2D eigenvalue weighted by atomic mass is 32.2. The molecule has 4 rings (SSSR count). The number of alkyl halides is 4. The van der Waals surface area contributed by atoms with E-state index in [-0.39, 0.29) is 35.1 Å². The molecular weight excluding hydrogens is 492 g/mol. The maximum Gasteiger partial charge on any atom is 0.501 e. The number of hydrogen-bond donors (Lipinski definition) is 3. The van der Waals surface area contributed by atoms with Gasteiger partial charge >= 0.3 is 5.51 Å². The number of amides is 1. The predicted molar refractivity (Wildman–Crippen MR) is 119 cm³/mol. The molecule has 1 amide bonds. The van der Waals surface area contributed by atoms with Gasteiger partial charge in [-0.2, -0.15) is 18.3 Å². The van der Waals surface area contributed by atoms with E-state index >= 15 is 0 Å². The minimum atomic E-state index is -5.48. The van der Waals surface area contributed by atoms with E-state index in [1.54, 1.807) is 4.68 Å². The lowest BCUT2D eigenvalue weighted by Gasteiger charge is -2.46. The molecule has 1 aromatic carbocycles.